The highest BCUT2D eigenvalue weighted by molar-refractivity contribution is 7.21. The molecule has 2 heterocycles. The Hall–Kier alpha value is -1.65. The van der Waals surface area contributed by atoms with Crippen LogP contribution in [-0.4, -0.2) is 9.97 Å². The van der Waals surface area contributed by atoms with Crippen LogP contribution in [0.2, 0.25) is 5.02 Å². The molecule has 2 N–H and O–H groups in total. The zero-order chi connectivity index (χ0) is 11.8. The molecule has 0 amide bonds. The van der Waals surface area contributed by atoms with E-state index in [4.69, 9.17) is 17.3 Å². The van der Waals surface area contributed by atoms with Gasteiger partial charge in [0.2, 0.25) is 0 Å². The molecule has 0 atom stereocenters. The van der Waals surface area contributed by atoms with E-state index in [9.17, 15) is 0 Å². The van der Waals surface area contributed by atoms with Gasteiger partial charge in [-0.2, -0.15) is 0 Å². The summed E-state index contributed by atoms with van der Waals surface area (Å²) in [5, 5.41) is 1.62. The monoisotopic (exact) mass is 261 g/mol. The Bertz CT molecular complexity index is 676. The van der Waals surface area contributed by atoms with Crippen LogP contribution in [-0.2, 0) is 0 Å². The maximum atomic E-state index is 5.93. The molecule has 17 heavy (non-hydrogen) atoms. The Morgan fingerprint density at radius 3 is 2.82 bits per heavy atom. The molecular formula is C12H8ClN3S. The van der Waals surface area contributed by atoms with Crippen molar-refractivity contribution < 1.29 is 0 Å². The number of nitrogens with two attached hydrogens (primary N) is 1. The zero-order valence-corrected chi connectivity index (χ0v) is 10.3. The average molecular weight is 262 g/mol. The summed E-state index contributed by atoms with van der Waals surface area (Å²) in [6.45, 7) is 0. The lowest BCUT2D eigenvalue weighted by Crippen LogP contribution is -1.88. The van der Waals surface area contributed by atoms with Crippen LogP contribution < -0.4 is 5.73 Å². The standard InChI is InChI=1S/C12H8ClN3S/c13-8-2-3-10-9(5-8)16-12(17-10)7-1-4-11(14)15-6-7/h1-6H,(H2,14,15). The molecule has 0 unspecified atom stereocenters. The van der Waals surface area contributed by atoms with Gasteiger partial charge in [-0.3, -0.25) is 0 Å². The molecule has 0 saturated heterocycles. The Kier molecular flexibility index (Phi) is 2.46. The highest BCUT2D eigenvalue weighted by Crippen LogP contribution is 2.31. The van der Waals surface area contributed by atoms with Gasteiger partial charge in [0.25, 0.3) is 0 Å². The molecule has 0 aliphatic heterocycles. The van der Waals surface area contributed by atoms with Crippen molar-refractivity contribution in [2.45, 2.75) is 0 Å². The van der Waals surface area contributed by atoms with Gasteiger partial charge in [-0.15, -0.1) is 11.3 Å². The number of halogens is 1. The second-order valence-corrected chi connectivity index (χ2v) is 5.07. The number of nitrogen functional groups attached to an aromatic ring is 1. The Morgan fingerprint density at radius 2 is 2.06 bits per heavy atom. The summed E-state index contributed by atoms with van der Waals surface area (Å²) in [4.78, 5) is 8.59. The molecule has 3 nitrogen and oxygen atoms in total. The van der Waals surface area contributed by atoms with Crippen LogP contribution in [0.3, 0.4) is 0 Å². The van der Waals surface area contributed by atoms with Crippen LogP contribution >= 0.6 is 22.9 Å². The lowest BCUT2D eigenvalue weighted by Gasteiger charge is -1.95. The van der Waals surface area contributed by atoms with Crippen molar-refractivity contribution >= 4 is 39.0 Å². The summed E-state index contributed by atoms with van der Waals surface area (Å²) in [6.07, 6.45) is 1.73. The van der Waals surface area contributed by atoms with E-state index < -0.39 is 0 Å². The minimum Gasteiger partial charge on any atom is -0.384 e. The van der Waals surface area contributed by atoms with Crippen LogP contribution in [0.1, 0.15) is 0 Å². The minimum atomic E-state index is 0.512. The Balaban J connectivity index is 2.14. The minimum absolute atomic E-state index is 0.512. The number of hydrogen-bond donors (Lipinski definition) is 1. The number of fused-ring (bicyclic) bond motifs is 1. The second kappa shape index (κ2) is 3.98. The number of aromatic nitrogens is 2. The molecule has 0 aliphatic rings. The molecule has 0 aliphatic carbocycles. The van der Waals surface area contributed by atoms with E-state index >= 15 is 0 Å². The third-order valence-electron chi connectivity index (χ3n) is 2.38. The van der Waals surface area contributed by atoms with E-state index in [0.717, 1.165) is 20.8 Å². The van der Waals surface area contributed by atoms with Crippen LogP contribution in [0.4, 0.5) is 5.82 Å². The highest BCUT2D eigenvalue weighted by Gasteiger charge is 2.06. The molecule has 0 bridgehead atoms. The molecule has 5 heteroatoms. The van der Waals surface area contributed by atoms with Gasteiger partial charge in [0.1, 0.15) is 10.8 Å². The van der Waals surface area contributed by atoms with Crippen molar-refractivity contribution in [1.29, 1.82) is 0 Å². The lowest BCUT2D eigenvalue weighted by molar-refractivity contribution is 1.33. The van der Waals surface area contributed by atoms with Crippen LogP contribution in [0.15, 0.2) is 36.5 Å². The summed E-state index contributed by atoms with van der Waals surface area (Å²) in [7, 11) is 0. The molecule has 3 aromatic rings. The molecule has 0 spiro atoms. The molecule has 84 valence electrons. The maximum Gasteiger partial charge on any atom is 0.126 e. The normalized spacial score (nSPS) is 10.9. The lowest BCUT2D eigenvalue weighted by atomic mass is 10.3. The first-order chi connectivity index (χ1) is 8.22. The van der Waals surface area contributed by atoms with Gasteiger partial charge in [-0.25, -0.2) is 9.97 Å². The second-order valence-electron chi connectivity index (χ2n) is 3.60. The Morgan fingerprint density at radius 1 is 1.18 bits per heavy atom. The van der Waals surface area contributed by atoms with Gasteiger partial charge in [0.05, 0.1) is 10.2 Å². The van der Waals surface area contributed by atoms with Crippen molar-refractivity contribution in [1.82, 2.24) is 9.97 Å². The molecular weight excluding hydrogens is 254 g/mol. The van der Waals surface area contributed by atoms with Crippen LogP contribution in [0, 0.1) is 0 Å². The van der Waals surface area contributed by atoms with E-state index in [-0.39, 0.29) is 0 Å². The Labute approximate surface area is 107 Å². The van der Waals surface area contributed by atoms with Crippen molar-refractivity contribution in [3.63, 3.8) is 0 Å². The fourth-order valence-corrected chi connectivity index (χ4v) is 2.66. The smallest absolute Gasteiger partial charge is 0.126 e. The van der Waals surface area contributed by atoms with Crippen molar-refractivity contribution in [3.05, 3.63) is 41.6 Å². The first kappa shape index (κ1) is 10.5. The summed E-state index contributed by atoms with van der Waals surface area (Å²) < 4.78 is 1.11. The van der Waals surface area contributed by atoms with Crippen molar-refractivity contribution in [2.75, 3.05) is 5.73 Å². The molecule has 1 aromatic carbocycles. The van der Waals surface area contributed by atoms with Crippen molar-refractivity contribution in [2.24, 2.45) is 0 Å². The van der Waals surface area contributed by atoms with Crippen molar-refractivity contribution in [3.8, 4) is 10.6 Å². The number of nitrogens with zero attached hydrogens (tertiary/aromatic N) is 2. The van der Waals surface area contributed by atoms with Gasteiger partial charge in [0, 0.05) is 16.8 Å². The number of benzene rings is 1. The summed E-state index contributed by atoms with van der Waals surface area (Å²) in [6, 6.07) is 9.40. The quantitative estimate of drug-likeness (QED) is 0.728. The molecule has 0 radical (unpaired) electrons. The largest absolute Gasteiger partial charge is 0.384 e. The van der Waals surface area contributed by atoms with E-state index in [1.165, 1.54) is 0 Å². The molecule has 0 saturated carbocycles. The predicted molar refractivity (Wildman–Crippen MR) is 72.3 cm³/mol. The molecule has 2 aromatic heterocycles. The first-order valence-corrected chi connectivity index (χ1v) is 6.20. The summed E-state index contributed by atoms with van der Waals surface area (Å²) >= 11 is 7.54. The van der Waals surface area contributed by atoms with Gasteiger partial charge >= 0.3 is 0 Å². The third kappa shape index (κ3) is 1.97. The van der Waals surface area contributed by atoms with Gasteiger partial charge in [-0.05, 0) is 30.3 Å². The van der Waals surface area contributed by atoms with E-state index in [2.05, 4.69) is 9.97 Å². The number of rotatable bonds is 1. The molecule has 0 fully saturated rings. The number of pyridine rings is 1. The van der Waals surface area contributed by atoms with Crippen LogP contribution in [0.5, 0.6) is 0 Å². The van der Waals surface area contributed by atoms with Gasteiger partial charge in [-0.1, -0.05) is 11.6 Å². The van der Waals surface area contributed by atoms with Gasteiger partial charge < -0.3 is 5.73 Å². The average Bonchev–Trinajstić information content (AvgIpc) is 2.72. The van der Waals surface area contributed by atoms with Crippen LogP contribution in [0.25, 0.3) is 20.8 Å². The first-order valence-electron chi connectivity index (χ1n) is 5.00. The fourth-order valence-electron chi connectivity index (χ4n) is 1.56. The molecule has 3 rings (SSSR count). The SMILES string of the molecule is Nc1ccc(-c2nc3cc(Cl)ccc3s2)cn1. The van der Waals surface area contributed by atoms with Gasteiger partial charge in [0.15, 0.2) is 0 Å². The number of hydrogen-bond acceptors (Lipinski definition) is 4. The fraction of sp³-hybridized carbons (Fsp3) is 0. The van der Waals surface area contributed by atoms with E-state index in [1.807, 2.05) is 24.3 Å². The zero-order valence-electron chi connectivity index (χ0n) is 8.72. The summed E-state index contributed by atoms with van der Waals surface area (Å²) in [5.74, 6) is 0.512. The third-order valence-corrected chi connectivity index (χ3v) is 3.70. The predicted octanol–water partition coefficient (Wildman–Crippen LogP) is 3.59. The summed E-state index contributed by atoms with van der Waals surface area (Å²) in [5.41, 5.74) is 7.43. The number of anilines is 1. The topological polar surface area (TPSA) is 51.8 Å². The van der Waals surface area contributed by atoms with E-state index in [0.29, 0.717) is 10.8 Å². The highest BCUT2D eigenvalue weighted by atomic mass is 35.5. The maximum absolute atomic E-state index is 5.93. The van der Waals surface area contributed by atoms with E-state index in [1.54, 1.807) is 23.6 Å². The number of thiazole rings is 1.